The molecule has 0 aliphatic carbocycles. The molecule has 1 atom stereocenters. The molecule has 0 aromatic heterocycles. The molecule has 1 fully saturated rings. The van der Waals surface area contributed by atoms with Crippen LogP contribution in [0.5, 0.6) is 0 Å². The maximum atomic E-state index is 14.2. The van der Waals surface area contributed by atoms with Crippen molar-refractivity contribution in [2.24, 2.45) is 0 Å². The minimum atomic E-state index is -0.708. The molecular formula is C20H19F3N2O2S. The quantitative estimate of drug-likeness (QED) is 0.729. The van der Waals surface area contributed by atoms with E-state index in [9.17, 15) is 22.8 Å². The Hall–Kier alpha value is -2.48. The summed E-state index contributed by atoms with van der Waals surface area (Å²) in [5.41, 5.74) is 0.460. The molecule has 0 spiro atoms. The van der Waals surface area contributed by atoms with Gasteiger partial charge in [0.25, 0.3) is 5.91 Å². The molecule has 148 valence electrons. The molecule has 2 aromatic rings. The number of hydrogen-bond donors (Lipinski definition) is 0. The van der Waals surface area contributed by atoms with Crippen LogP contribution in [0.4, 0.5) is 13.2 Å². The summed E-state index contributed by atoms with van der Waals surface area (Å²) in [6.45, 7) is 2.58. The van der Waals surface area contributed by atoms with Crippen LogP contribution in [-0.2, 0) is 4.79 Å². The molecule has 0 saturated carbocycles. The van der Waals surface area contributed by atoms with E-state index in [0.717, 1.165) is 12.1 Å². The fraction of sp³-hybridized carbons (Fsp3) is 0.300. The van der Waals surface area contributed by atoms with E-state index in [1.807, 2.05) is 0 Å². The molecule has 0 unspecified atom stereocenters. The Bertz CT molecular complexity index is 894. The van der Waals surface area contributed by atoms with E-state index in [4.69, 9.17) is 0 Å². The van der Waals surface area contributed by atoms with Crippen LogP contribution in [0.2, 0.25) is 0 Å². The first-order valence-corrected chi connectivity index (χ1v) is 9.86. The van der Waals surface area contributed by atoms with E-state index in [0.29, 0.717) is 6.54 Å². The number of nitrogens with zero attached hydrogens (tertiary/aromatic N) is 2. The average molecular weight is 408 g/mol. The molecular weight excluding hydrogens is 389 g/mol. The molecule has 28 heavy (non-hydrogen) atoms. The predicted octanol–water partition coefficient (Wildman–Crippen LogP) is 3.84. The largest absolute Gasteiger partial charge is 0.337 e. The van der Waals surface area contributed by atoms with E-state index in [1.54, 1.807) is 6.92 Å². The van der Waals surface area contributed by atoms with E-state index >= 15 is 0 Å². The second-order valence-corrected chi connectivity index (χ2v) is 7.38. The maximum Gasteiger partial charge on any atom is 0.254 e. The Balaban J connectivity index is 1.73. The zero-order valence-electron chi connectivity index (χ0n) is 15.2. The molecule has 0 radical (unpaired) electrons. The SMILES string of the molecule is CCN(CCN1C(=O)CS[C@H]1c1ccc(F)cc1F)C(=O)c1cccc(F)c1. The van der Waals surface area contributed by atoms with Crippen molar-refractivity contribution < 1.29 is 22.8 Å². The van der Waals surface area contributed by atoms with Crippen LogP contribution in [0.15, 0.2) is 42.5 Å². The molecule has 1 saturated heterocycles. The Morgan fingerprint density at radius 2 is 1.93 bits per heavy atom. The number of benzene rings is 2. The minimum Gasteiger partial charge on any atom is -0.337 e. The topological polar surface area (TPSA) is 40.6 Å². The summed E-state index contributed by atoms with van der Waals surface area (Å²) in [6, 6.07) is 8.71. The zero-order chi connectivity index (χ0) is 20.3. The number of thioether (sulfide) groups is 1. The van der Waals surface area contributed by atoms with Gasteiger partial charge < -0.3 is 9.80 Å². The lowest BCUT2D eigenvalue weighted by molar-refractivity contribution is -0.128. The summed E-state index contributed by atoms with van der Waals surface area (Å²) in [7, 11) is 0. The predicted molar refractivity (Wildman–Crippen MR) is 101 cm³/mol. The van der Waals surface area contributed by atoms with Gasteiger partial charge in [-0.1, -0.05) is 12.1 Å². The van der Waals surface area contributed by atoms with Gasteiger partial charge >= 0.3 is 0 Å². The molecule has 2 aromatic carbocycles. The fourth-order valence-electron chi connectivity index (χ4n) is 3.09. The highest BCUT2D eigenvalue weighted by Crippen LogP contribution is 2.39. The van der Waals surface area contributed by atoms with Gasteiger partial charge in [-0.3, -0.25) is 9.59 Å². The number of likely N-dealkylation sites (N-methyl/N-ethyl adjacent to an activating group) is 1. The number of rotatable bonds is 6. The molecule has 0 N–H and O–H groups in total. The van der Waals surface area contributed by atoms with Crippen molar-refractivity contribution in [1.29, 1.82) is 0 Å². The zero-order valence-corrected chi connectivity index (χ0v) is 16.0. The standard InChI is InChI=1S/C20H19F3N2O2S/c1-2-24(19(27)13-4-3-5-14(21)10-13)8-9-25-18(26)12-28-20(25)16-7-6-15(22)11-17(16)23/h3-7,10-11,20H,2,8-9,12H2,1H3/t20-/m0/s1. The summed E-state index contributed by atoms with van der Waals surface area (Å²) in [6.07, 6.45) is 0. The third-order valence-corrected chi connectivity index (χ3v) is 5.79. The Morgan fingerprint density at radius 3 is 2.61 bits per heavy atom. The lowest BCUT2D eigenvalue weighted by atomic mass is 10.1. The summed E-state index contributed by atoms with van der Waals surface area (Å²) in [5, 5.41) is -0.573. The van der Waals surface area contributed by atoms with Gasteiger partial charge in [0.1, 0.15) is 22.8 Å². The lowest BCUT2D eigenvalue weighted by Crippen LogP contribution is -2.40. The molecule has 2 amide bonds. The number of hydrogen-bond acceptors (Lipinski definition) is 3. The van der Waals surface area contributed by atoms with Crippen LogP contribution in [0.3, 0.4) is 0 Å². The number of carbonyl (C=O) groups is 2. The monoisotopic (exact) mass is 408 g/mol. The molecule has 4 nitrogen and oxygen atoms in total. The molecule has 3 rings (SSSR count). The second-order valence-electron chi connectivity index (χ2n) is 6.31. The van der Waals surface area contributed by atoms with Crippen LogP contribution >= 0.6 is 11.8 Å². The summed E-state index contributed by atoms with van der Waals surface area (Å²) >= 11 is 1.26. The van der Waals surface area contributed by atoms with Gasteiger partial charge in [-0.05, 0) is 31.2 Å². The van der Waals surface area contributed by atoms with E-state index in [2.05, 4.69) is 0 Å². The molecule has 0 bridgehead atoms. The van der Waals surface area contributed by atoms with Crippen molar-refractivity contribution in [1.82, 2.24) is 9.80 Å². The highest BCUT2D eigenvalue weighted by Gasteiger charge is 2.34. The third kappa shape index (κ3) is 4.32. The van der Waals surface area contributed by atoms with Gasteiger partial charge in [0.15, 0.2) is 0 Å². The van der Waals surface area contributed by atoms with Crippen molar-refractivity contribution in [2.75, 3.05) is 25.4 Å². The van der Waals surface area contributed by atoms with Crippen LogP contribution in [0.25, 0.3) is 0 Å². The summed E-state index contributed by atoms with van der Waals surface area (Å²) in [4.78, 5) is 27.9. The van der Waals surface area contributed by atoms with Gasteiger partial charge in [0.2, 0.25) is 5.91 Å². The van der Waals surface area contributed by atoms with Gasteiger partial charge in [-0.25, -0.2) is 13.2 Å². The lowest BCUT2D eigenvalue weighted by Gasteiger charge is -2.28. The first-order valence-electron chi connectivity index (χ1n) is 8.81. The first-order chi connectivity index (χ1) is 13.4. The van der Waals surface area contributed by atoms with E-state index in [1.165, 1.54) is 51.9 Å². The molecule has 1 aliphatic rings. The van der Waals surface area contributed by atoms with Gasteiger partial charge in [-0.15, -0.1) is 11.8 Å². The first kappa shape index (κ1) is 20.3. The summed E-state index contributed by atoms with van der Waals surface area (Å²) in [5.74, 6) is -2.22. The third-order valence-electron chi connectivity index (χ3n) is 4.55. The Labute approximate surface area is 165 Å². The average Bonchev–Trinajstić information content (AvgIpc) is 3.02. The Kier molecular flexibility index (Phi) is 6.28. The molecule has 1 aliphatic heterocycles. The van der Waals surface area contributed by atoms with Crippen molar-refractivity contribution in [3.63, 3.8) is 0 Å². The van der Waals surface area contributed by atoms with Gasteiger partial charge in [0, 0.05) is 36.8 Å². The number of carbonyl (C=O) groups excluding carboxylic acids is 2. The van der Waals surface area contributed by atoms with E-state index in [-0.39, 0.29) is 41.8 Å². The smallest absolute Gasteiger partial charge is 0.254 e. The van der Waals surface area contributed by atoms with Gasteiger partial charge in [-0.2, -0.15) is 0 Å². The van der Waals surface area contributed by atoms with E-state index < -0.39 is 22.8 Å². The second kappa shape index (κ2) is 8.68. The van der Waals surface area contributed by atoms with Crippen LogP contribution in [-0.4, -0.2) is 47.0 Å². The van der Waals surface area contributed by atoms with Crippen LogP contribution < -0.4 is 0 Å². The van der Waals surface area contributed by atoms with Crippen LogP contribution in [0, 0.1) is 17.5 Å². The Morgan fingerprint density at radius 1 is 1.18 bits per heavy atom. The highest BCUT2D eigenvalue weighted by molar-refractivity contribution is 8.00. The summed E-state index contributed by atoms with van der Waals surface area (Å²) < 4.78 is 40.7. The van der Waals surface area contributed by atoms with Crippen molar-refractivity contribution in [3.05, 3.63) is 71.0 Å². The molecule has 1 heterocycles. The van der Waals surface area contributed by atoms with Crippen molar-refractivity contribution >= 4 is 23.6 Å². The van der Waals surface area contributed by atoms with Gasteiger partial charge in [0.05, 0.1) is 5.75 Å². The molecule has 8 heteroatoms. The highest BCUT2D eigenvalue weighted by atomic mass is 32.2. The van der Waals surface area contributed by atoms with Crippen LogP contribution in [0.1, 0.15) is 28.2 Å². The van der Waals surface area contributed by atoms with Crippen molar-refractivity contribution in [3.8, 4) is 0 Å². The normalized spacial score (nSPS) is 16.5. The number of halogens is 3. The fourth-order valence-corrected chi connectivity index (χ4v) is 4.33. The van der Waals surface area contributed by atoms with Crippen molar-refractivity contribution in [2.45, 2.75) is 12.3 Å². The minimum absolute atomic E-state index is 0.173. The maximum absolute atomic E-state index is 14.2. The number of amides is 2.